The first-order chi connectivity index (χ1) is 12.9. The summed E-state index contributed by atoms with van der Waals surface area (Å²) in [4.78, 5) is 12.5. The highest BCUT2D eigenvalue weighted by Gasteiger charge is 2.13. The Morgan fingerprint density at radius 2 is 1.85 bits per heavy atom. The Hall–Kier alpha value is -2.32. The lowest BCUT2D eigenvalue weighted by atomic mass is 10.2. The average Bonchev–Trinajstić information content (AvgIpc) is 2.97. The lowest BCUT2D eigenvalue weighted by Gasteiger charge is -2.12. The van der Waals surface area contributed by atoms with E-state index in [9.17, 15) is 9.90 Å². The fourth-order valence-corrected chi connectivity index (χ4v) is 3.47. The van der Waals surface area contributed by atoms with Crippen LogP contribution >= 0.6 is 34.2 Å². The van der Waals surface area contributed by atoms with E-state index in [0.29, 0.717) is 14.2 Å². The number of amides is 1. The molecule has 1 amide bonds. The number of nitrogens with zero attached hydrogens (tertiary/aromatic N) is 2. The number of hydrogen-bond acceptors (Lipinski definition) is 3. The van der Waals surface area contributed by atoms with Crippen LogP contribution in [-0.4, -0.2) is 21.8 Å². The van der Waals surface area contributed by atoms with Crippen LogP contribution in [0.3, 0.4) is 0 Å². The van der Waals surface area contributed by atoms with Crippen molar-refractivity contribution in [1.82, 2.24) is 9.99 Å². The van der Waals surface area contributed by atoms with Crippen molar-refractivity contribution in [2.75, 3.05) is 0 Å². The van der Waals surface area contributed by atoms with Gasteiger partial charge < -0.3 is 9.67 Å². The van der Waals surface area contributed by atoms with E-state index in [2.05, 4.69) is 15.1 Å². The SMILES string of the molecule is Cc1ccc(C)n1-c1ccc(Cl)c(C(=O)NN=Cc2ccc(O)c(I)c2)c1. The van der Waals surface area contributed by atoms with Crippen molar-refractivity contribution in [3.05, 3.63) is 79.6 Å². The van der Waals surface area contributed by atoms with Crippen LogP contribution in [0.4, 0.5) is 0 Å². The number of carbonyl (C=O) groups excluding carboxylic acids is 1. The van der Waals surface area contributed by atoms with E-state index in [0.717, 1.165) is 22.6 Å². The number of aromatic hydroxyl groups is 1. The fourth-order valence-electron chi connectivity index (χ4n) is 2.73. The van der Waals surface area contributed by atoms with Crippen LogP contribution in [0.1, 0.15) is 27.3 Å². The van der Waals surface area contributed by atoms with Gasteiger partial charge in [0.25, 0.3) is 5.91 Å². The summed E-state index contributed by atoms with van der Waals surface area (Å²) in [6.07, 6.45) is 1.51. The molecule has 27 heavy (non-hydrogen) atoms. The quantitative estimate of drug-likeness (QED) is 0.311. The summed E-state index contributed by atoms with van der Waals surface area (Å²) >= 11 is 8.24. The van der Waals surface area contributed by atoms with Gasteiger partial charge in [0.2, 0.25) is 0 Å². The van der Waals surface area contributed by atoms with Gasteiger partial charge in [-0.2, -0.15) is 5.10 Å². The molecule has 1 heterocycles. The molecule has 2 aromatic carbocycles. The number of aryl methyl sites for hydroxylation is 2. The third-order valence-corrected chi connectivity index (χ3v) is 5.27. The lowest BCUT2D eigenvalue weighted by molar-refractivity contribution is 0.0955. The molecule has 0 aliphatic carbocycles. The predicted octanol–water partition coefficient (Wildman–Crippen LogP) is 4.82. The van der Waals surface area contributed by atoms with Crippen LogP contribution in [0.15, 0.2) is 53.6 Å². The van der Waals surface area contributed by atoms with E-state index in [1.54, 1.807) is 30.3 Å². The first-order valence-electron chi connectivity index (χ1n) is 8.13. The molecule has 0 aliphatic rings. The molecule has 5 nitrogen and oxygen atoms in total. The Morgan fingerprint density at radius 3 is 2.52 bits per heavy atom. The molecule has 3 rings (SSSR count). The number of benzene rings is 2. The third-order valence-electron chi connectivity index (χ3n) is 4.08. The van der Waals surface area contributed by atoms with Crippen molar-refractivity contribution in [2.45, 2.75) is 13.8 Å². The van der Waals surface area contributed by atoms with Gasteiger partial charge in [0.1, 0.15) is 5.75 Å². The highest BCUT2D eigenvalue weighted by Crippen LogP contribution is 2.23. The zero-order valence-corrected chi connectivity index (χ0v) is 17.6. The summed E-state index contributed by atoms with van der Waals surface area (Å²) in [6.45, 7) is 4.01. The van der Waals surface area contributed by atoms with Gasteiger partial charge in [-0.3, -0.25) is 4.79 Å². The molecule has 2 N–H and O–H groups in total. The zero-order chi connectivity index (χ0) is 19.6. The number of rotatable bonds is 4. The minimum absolute atomic E-state index is 0.205. The number of hydrazone groups is 1. The number of nitrogens with one attached hydrogen (secondary N) is 1. The standard InChI is InChI=1S/C20H17ClIN3O2/c1-12-3-4-13(2)25(12)15-6-7-17(21)16(10-15)20(27)24-23-11-14-5-8-19(26)18(22)9-14/h3-11,26H,1-2H3,(H,24,27). The maximum Gasteiger partial charge on any atom is 0.272 e. The second-order valence-electron chi connectivity index (χ2n) is 6.03. The van der Waals surface area contributed by atoms with Crippen molar-refractivity contribution in [2.24, 2.45) is 5.10 Å². The van der Waals surface area contributed by atoms with Gasteiger partial charge in [0, 0.05) is 17.1 Å². The average molecular weight is 494 g/mol. The molecule has 0 saturated heterocycles. The van der Waals surface area contributed by atoms with Crippen molar-refractivity contribution in [3.63, 3.8) is 0 Å². The number of phenols is 1. The molecule has 0 bridgehead atoms. The van der Waals surface area contributed by atoms with Crippen LogP contribution in [0, 0.1) is 17.4 Å². The molecule has 0 fully saturated rings. The van der Waals surface area contributed by atoms with Crippen molar-refractivity contribution < 1.29 is 9.90 Å². The Balaban J connectivity index is 1.81. The van der Waals surface area contributed by atoms with Gasteiger partial charge in [0.15, 0.2) is 0 Å². The number of hydrogen-bond donors (Lipinski definition) is 2. The maximum absolute atomic E-state index is 12.5. The van der Waals surface area contributed by atoms with E-state index in [4.69, 9.17) is 11.6 Å². The molecule has 0 saturated carbocycles. The summed E-state index contributed by atoms with van der Waals surface area (Å²) in [7, 11) is 0. The van der Waals surface area contributed by atoms with Gasteiger partial charge in [0.05, 0.1) is 20.4 Å². The molecule has 0 aliphatic heterocycles. The number of halogens is 2. The Bertz CT molecular complexity index is 1020. The molecule has 0 unspecified atom stereocenters. The topological polar surface area (TPSA) is 66.6 Å². The molecule has 7 heteroatoms. The van der Waals surface area contributed by atoms with Gasteiger partial charge in [-0.1, -0.05) is 11.6 Å². The van der Waals surface area contributed by atoms with E-state index in [1.807, 2.05) is 54.6 Å². The van der Waals surface area contributed by atoms with Crippen LogP contribution in [0.2, 0.25) is 5.02 Å². The second kappa shape index (κ2) is 8.14. The van der Waals surface area contributed by atoms with Crippen LogP contribution in [0.25, 0.3) is 5.69 Å². The molecule has 138 valence electrons. The van der Waals surface area contributed by atoms with Crippen molar-refractivity contribution in [3.8, 4) is 11.4 Å². The van der Waals surface area contributed by atoms with Crippen molar-refractivity contribution >= 4 is 46.3 Å². The number of aromatic nitrogens is 1. The maximum atomic E-state index is 12.5. The molecule has 0 atom stereocenters. The first-order valence-corrected chi connectivity index (χ1v) is 9.59. The summed E-state index contributed by atoms with van der Waals surface area (Å²) < 4.78 is 2.76. The molecular formula is C20H17ClIN3O2. The molecule has 0 radical (unpaired) electrons. The zero-order valence-electron chi connectivity index (χ0n) is 14.7. The molecular weight excluding hydrogens is 477 g/mol. The Labute approximate surface area is 175 Å². The molecule has 1 aromatic heterocycles. The third kappa shape index (κ3) is 4.33. The highest BCUT2D eigenvalue weighted by atomic mass is 127. The van der Waals surface area contributed by atoms with E-state index < -0.39 is 5.91 Å². The minimum atomic E-state index is -0.394. The highest BCUT2D eigenvalue weighted by molar-refractivity contribution is 14.1. The first kappa shape index (κ1) is 19.4. The molecule has 3 aromatic rings. The summed E-state index contributed by atoms with van der Waals surface area (Å²) in [5, 5.41) is 13.9. The van der Waals surface area contributed by atoms with Crippen LogP contribution < -0.4 is 5.43 Å². The number of phenolic OH excluding ortho intramolecular Hbond substituents is 1. The fraction of sp³-hybridized carbons (Fsp3) is 0.100. The van der Waals surface area contributed by atoms with Gasteiger partial charge in [-0.25, -0.2) is 5.43 Å². The minimum Gasteiger partial charge on any atom is -0.507 e. The van der Waals surface area contributed by atoms with Crippen molar-refractivity contribution in [1.29, 1.82) is 0 Å². The summed E-state index contributed by atoms with van der Waals surface area (Å²) in [6, 6.07) is 14.4. The number of carbonyl (C=O) groups is 1. The monoisotopic (exact) mass is 493 g/mol. The normalized spacial score (nSPS) is 11.1. The van der Waals surface area contributed by atoms with Gasteiger partial charge in [-0.05, 0) is 90.5 Å². The molecule has 0 spiro atoms. The van der Waals surface area contributed by atoms with E-state index >= 15 is 0 Å². The van der Waals surface area contributed by atoms with E-state index in [1.165, 1.54) is 6.21 Å². The Kier molecular flexibility index (Phi) is 5.86. The predicted molar refractivity (Wildman–Crippen MR) is 116 cm³/mol. The van der Waals surface area contributed by atoms with E-state index in [-0.39, 0.29) is 5.75 Å². The van der Waals surface area contributed by atoms with Gasteiger partial charge >= 0.3 is 0 Å². The lowest BCUT2D eigenvalue weighted by Crippen LogP contribution is -2.18. The van der Waals surface area contributed by atoms with Crippen LogP contribution in [0.5, 0.6) is 5.75 Å². The smallest absolute Gasteiger partial charge is 0.272 e. The largest absolute Gasteiger partial charge is 0.507 e. The Morgan fingerprint density at radius 1 is 1.15 bits per heavy atom. The second-order valence-corrected chi connectivity index (χ2v) is 7.60. The summed E-state index contributed by atoms with van der Waals surface area (Å²) in [5.74, 6) is -0.190. The van der Waals surface area contributed by atoms with Gasteiger partial charge in [-0.15, -0.1) is 0 Å². The summed E-state index contributed by atoms with van der Waals surface area (Å²) in [5.41, 5.74) is 6.61. The van der Waals surface area contributed by atoms with Crippen LogP contribution in [-0.2, 0) is 0 Å².